The van der Waals surface area contributed by atoms with Crippen molar-refractivity contribution in [1.82, 2.24) is 4.98 Å². The molecule has 0 atom stereocenters. The fraction of sp³-hybridized carbons (Fsp3) is 0.0714. The van der Waals surface area contributed by atoms with E-state index in [2.05, 4.69) is 9.71 Å². The number of fused-ring (bicyclic) bond motifs is 1. The van der Waals surface area contributed by atoms with Gasteiger partial charge in [0.2, 0.25) is 0 Å². The molecular formula is C14H12Cl2N2O4S3. The molecule has 1 heterocycles. The summed E-state index contributed by atoms with van der Waals surface area (Å²) in [6, 6.07) is 10.2. The molecule has 0 aliphatic heterocycles. The quantitative estimate of drug-likeness (QED) is 0.671. The van der Waals surface area contributed by atoms with E-state index in [0.717, 1.165) is 17.6 Å². The van der Waals surface area contributed by atoms with Crippen LogP contribution in [0.25, 0.3) is 10.2 Å². The SMILES string of the molecule is CS(=O)(=O)c1ccc2nc(NS(=O)(=O)c3ccc(Cl)cc3)sc2c1.Cl. The molecule has 2 aromatic carbocycles. The number of thiazole rings is 1. The Morgan fingerprint density at radius 3 is 2.20 bits per heavy atom. The first-order chi connectivity index (χ1) is 11.1. The number of anilines is 1. The Labute approximate surface area is 160 Å². The van der Waals surface area contributed by atoms with Gasteiger partial charge < -0.3 is 0 Å². The van der Waals surface area contributed by atoms with Gasteiger partial charge in [0.05, 0.1) is 20.0 Å². The summed E-state index contributed by atoms with van der Waals surface area (Å²) < 4.78 is 50.8. The zero-order valence-corrected chi connectivity index (χ0v) is 16.7. The minimum absolute atomic E-state index is 0. The van der Waals surface area contributed by atoms with E-state index in [0.29, 0.717) is 15.2 Å². The molecule has 25 heavy (non-hydrogen) atoms. The molecule has 0 amide bonds. The second-order valence-electron chi connectivity index (χ2n) is 4.98. The number of rotatable bonds is 4. The van der Waals surface area contributed by atoms with Crippen LogP contribution >= 0.6 is 35.3 Å². The van der Waals surface area contributed by atoms with Crippen LogP contribution in [0.1, 0.15) is 0 Å². The average molecular weight is 439 g/mol. The number of hydrogen-bond acceptors (Lipinski definition) is 6. The number of nitrogens with zero attached hydrogens (tertiary/aromatic N) is 1. The first-order valence-corrected chi connectivity index (χ1v) is 11.1. The van der Waals surface area contributed by atoms with Gasteiger partial charge in [-0.25, -0.2) is 21.8 Å². The highest BCUT2D eigenvalue weighted by Gasteiger charge is 2.17. The van der Waals surface area contributed by atoms with E-state index in [4.69, 9.17) is 11.6 Å². The van der Waals surface area contributed by atoms with Gasteiger partial charge in [-0.15, -0.1) is 12.4 Å². The van der Waals surface area contributed by atoms with E-state index in [1.165, 1.54) is 36.4 Å². The number of benzene rings is 2. The van der Waals surface area contributed by atoms with E-state index in [9.17, 15) is 16.8 Å². The van der Waals surface area contributed by atoms with Crippen molar-refractivity contribution in [3.05, 3.63) is 47.5 Å². The third kappa shape index (κ3) is 4.42. The van der Waals surface area contributed by atoms with Crippen LogP contribution in [0.15, 0.2) is 52.3 Å². The Morgan fingerprint density at radius 1 is 1.00 bits per heavy atom. The zero-order valence-electron chi connectivity index (χ0n) is 12.6. The second-order valence-corrected chi connectivity index (χ2v) is 10.1. The van der Waals surface area contributed by atoms with Gasteiger partial charge in [-0.2, -0.15) is 0 Å². The van der Waals surface area contributed by atoms with Gasteiger partial charge in [0.1, 0.15) is 0 Å². The van der Waals surface area contributed by atoms with Gasteiger partial charge >= 0.3 is 0 Å². The third-order valence-corrected chi connectivity index (χ3v) is 6.91. The Hall–Kier alpha value is -1.39. The summed E-state index contributed by atoms with van der Waals surface area (Å²) in [6.45, 7) is 0. The molecule has 0 aliphatic rings. The summed E-state index contributed by atoms with van der Waals surface area (Å²) in [5.74, 6) is 0. The normalized spacial score (nSPS) is 11.9. The standard InChI is InChI=1S/C14H11ClN2O4S3.ClH/c1-23(18,19)11-6-7-12-13(8-11)22-14(16-12)17-24(20,21)10-4-2-9(15)3-5-10;/h2-8H,1H3,(H,16,17);1H. The van der Waals surface area contributed by atoms with Gasteiger partial charge in [0, 0.05) is 11.3 Å². The maximum atomic E-state index is 12.3. The number of halogens is 2. The predicted octanol–water partition coefficient (Wildman–Crippen LogP) is 3.58. The van der Waals surface area contributed by atoms with Crippen LogP contribution in [0.5, 0.6) is 0 Å². The molecule has 0 radical (unpaired) electrons. The molecule has 11 heteroatoms. The van der Waals surface area contributed by atoms with Gasteiger partial charge in [0.25, 0.3) is 10.0 Å². The molecule has 3 rings (SSSR count). The molecule has 0 spiro atoms. The van der Waals surface area contributed by atoms with Crippen molar-refractivity contribution < 1.29 is 16.8 Å². The maximum absolute atomic E-state index is 12.3. The maximum Gasteiger partial charge on any atom is 0.263 e. The largest absolute Gasteiger partial charge is 0.263 e. The summed E-state index contributed by atoms with van der Waals surface area (Å²) in [5.41, 5.74) is 0.515. The lowest BCUT2D eigenvalue weighted by atomic mass is 10.3. The third-order valence-electron chi connectivity index (χ3n) is 3.13. The molecule has 1 N–H and O–H groups in total. The van der Waals surface area contributed by atoms with Crippen LogP contribution in [-0.2, 0) is 19.9 Å². The molecule has 6 nitrogen and oxygen atoms in total. The van der Waals surface area contributed by atoms with Crippen molar-refractivity contribution in [1.29, 1.82) is 0 Å². The molecular weight excluding hydrogens is 427 g/mol. The lowest BCUT2D eigenvalue weighted by Gasteiger charge is -2.04. The molecule has 0 saturated carbocycles. The topological polar surface area (TPSA) is 93.2 Å². The van der Waals surface area contributed by atoms with Crippen molar-refractivity contribution in [2.75, 3.05) is 11.0 Å². The van der Waals surface area contributed by atoms with Crippen LogP contribution in [0.3, 0.4) is 0 Å². The molecule has 1 aromatic heterocycles. The minimum Gasteiger partial charge on any atom is -0.255 e. The van der Waals surface area contributed by atoms with Crippen molar-refractivity contribution in [3.63, 3.8) is 0 Å². The van der Waals surface area contributed by atoms with Crippen molar-refractivity contribution in [2.24, 2.45) is 0 Å². The second kappa shape index (κ2) is 7.08. The van der Waals surface area contributed by atoms with Crippen LogP contribution in [0.4, 0.5) is 5.13 Å². The fourth-order valence-electron chi connectivity index (χ4n) is 1.97. The van der Waals surface area contributed by atoms with Gasteiger partial charge in [-0.05, 0) is 42.5 Å². The number of hydrogen-bond donors (Lipinski definition) is 1. The number of nitrogens with one attached hydrogen (secondary N) is 1. The summed E-state index contributed by atoms with van der Waals surface area (Å²) in [5, 5.41) is 0.591. The lowest BCUT2D eigenvalue weighted by molar-refractivity contribution is 0.600. The van der Waals surface area contributed by atoms with Gasteiger partial charge in [0.15, 0.2) is 15.0 Å². The van der Waals surface area contributed by atoms with Crippen molar-refractivity contribution in [2.45, 2.75) is 9.79 Å². The van der Waals surface area contributed by atoms with Crippen molar-refractivity contribution in [3.8, 4) is 0 Å². The van der Waals surface area contributed by atoms with E-state index < -0.39 is 19.9 Å². The van der Waals surface area contributed by atoms with E-state index in [-0.39, 0.29) is 27.3 Å². The molecule has 0 aliphatic carbocycles. The number of sulfone groups is 1. The van der Waals surface area contributed by atoms with Gasteiger partial charge in [-0.3, -0.25) is 4.72 Å². The molecule has 0 fully saturated rings. The first-order valence-electron chi connectivity index (χ1n) is 6.54. The van der Waals surface area contributed by atoms with E-state index >= 15 is 0 Å². The Bertz CT molecular complexity index is 1120. The molecule has 0 saturated heterocycles. The van der Waals surface area contributed by atoms with Crippen LogP contribution in [-0.4, -0.2) is 28.1 Å². The Morgan fingerprint density at radius 2 is 1.60 bits per heavy atom. The number of sulfonamides is 1. The van der Waals surface area contributed by atoms with Crippen molar-refractivity contribution >= 4 is 70.6 Å². The summed E-state index contributed by atoms with van der Waals surface area (Å²) >= 11 is 6.81. The van der Waals surface area contributed by atoms with E-state index in [1.807, 2.05) is 0 Å². The highest BCUT2D eigenvalue weighted by atomic mass is 35.5. The Kier molecular flexibility index (Phi) is 5.65. The summed E-state index contributed by atoms with van der Waals surface area (Å²) in [6.07, 6.45) is 1.11. The van der Waals surface area contributed by atoms with Crippen LogP contribution < -0.4 is 4.72 Å². The zero-order chi connectivity index (χ0) is 17.5. The van der Waals surface area contributed by atoms with Gasteiger partial charge in [-0.1, -0.05) is 22.9 Å². The fourth-order valence-corrected chi connectivity index (χ4v) is 4.95. The first kappa shape index (κ1) is 19.9. The molecule has 0 unspecified atom stereocenters. The molecule has 134 valence electrons. The predicted molar refractivity (Wildman–Crippen MR) is 102 cm³/mol. The summed E-state index contributed by atoms with van der Waals surface area (Å²) in [4.78, 5) is 4.39. The smallest absolute Gasteiger partial charge is 0.255 e. The molecule has 0 bridgehead atoms. The highest BCUT2D eigenvalue weighted by Crippen LogP contribution is 2.29. The minimum atomic E-state index is -3.80. The van der Waals surface area contributed by atoms with Crippen LogP contribution in [0.2, 0.25) is 5.02 Å². The number of aromatic nitrogens is 1. The monoisotopic (exact) mass is 438 g/mol. The lowest BCUT2D eigenvalue weighted by Crippen LogP contribution is -2.12. The highest BCUT2D eigenvalue weighted by molar-refractivity contribution is 7.93. The molecule has 3 aromatic rings. The average Bonchev–Trinajstić information content (AvgIpc) is 2.87. The summed E-state index contributed by atoms with van der Waals surface area (Å²) in [7, 11) is -7.13. The Balaban J connectivity index is 0.00000225. The van der Waals surface area contributed by atoms with E-state index in [1.54, 1.807) is 6.07 Å². The van der Waals surface area contributed by atoms with Crippen LogP contribution in [0, 0.1) is 0 Å².